The number of hydrogen-bond acceptors (Lipinski definition) is 7. The molecule has 0 aliphatic carbocycles. The molecule has 1 N–H and O–H groups in total. The van der Waals surface area contributed by atoms with Crippen molar-refractivity contribution in [3.63, 3.8) is 0 Å². The van der Waals surface area contributed by atoms with Crippen LogP contribution in [0, 0.1) is 20.8 Å². The molecule has 0 unspecified atom stereocenters. The number of carbonyl (C=O) groups is 1. The maximum atomic E-state index is 12.5. The Morgan fingerprint density at radius 1 is 0.970 bits per heavy atom. The molecule has 0 saturated carbocycles. The van der Waals surface area contributed by atoms with Gasteiger partial charge >= 0.3 is 0 Å². The van der Waals surface area contributed by atoms with E-state index in [-0.39, 0.29) is 12.7 Å². The average molecular weight is 443 g/mol. The molecule has 3 heterocycles. The standard InChI is InChI=1S/C24H21N5O4/c1-14-15(2)28-29(16(14)3)22-10-11-23(27-26-22)33-19-7-5-18(6-8-19)25-24(30)17-4-9-20-21(12-17)32-13-31-20/h4-12H,13H2,1-3H3,(H,25,30). The van der Waals surface area contributed by atoms with Gasteiger partial charge in [0.2, 0.25) is 12.7 Å². The van der Waals surface area contributed by atoms with Gasteiger partial charge in [0.1, 0.15) is 5.75 Å². The number of benzene rings is 2. The molecule has 1 aliphatic heterocycles. The fraction of sp³-hybridized carbons (Fsp3) is 0.167. The lowest BCUT2D eigenvalue weighted by molar-refractivity contribution is 0.102. The number of rotatable bonds is 5. The van der Waals surface area contributed by atoms with Crippen LogP contribution in [0.2, 0.25) is 0 Å². The van der Waals surface area contributed by atoms with Crippen LogP contribution in [0.3, 0.4) is 0 Å². The molecule has 33 heavy (non-hydrogen) atoms. The van der Waals surface area contributed by atoms with E-state index in [1.165, 1.54) is 0 Å². The topological polar surface area (TPSA) is 100 Å². The minimum absolute atomic E-state index is 0.164. The molecule has 0 spiro atoms. The fourth-order valence-electron chi connectivity index (χ4n) is 3.39. The van der Waals surface area contributed by atoms with Crippen molar-refractivity contribution >= 4 is 11.6 Å². The monoisotopic (exact) mass is 443 g/mol. The minimum Gasteiger partial charge on any atom is -0.454 e. The van der Waals surface area contributed by atoms with Gasteiger partial charge in [-0.2, -0.15) is 5.10 Å². The average Bonchev–Trinajstić information content (AvgIpc) is 3.40. The van der Waals surface area contributed by atoms with Crippen molar-refractivity contribution in [2.75, 3.05) is 12.1 Å². The number of hydrogen-bond donors (Lipinski definition) is 1. The molecule has 2 aromatic heterocycles. The molecule has 0 radical (unpaired) electrons. The number of amides is 1. The van der Waals surface area contributed by atoms with Crippen LogP contribution in [0.25, 0.3) is 5.82 Å². The van der Waals surface area contributed by atoms with Crippen LogP contribution in [-0.2, 0) is 0 Å². The van der Waals surface area contributed by atoms with E-state index in [2.05, 4.69) is 20.6 Å². The maximum absolute atomic E-state index is 12.5. The summed E-state index contributed by atoms with van der Waals surface area (Å²) in [7, 11) is 0. The van der Waals surface area contributed by atoms with Crippen LogP contribution in [0.5, 0.6) is 23.1 Å². The van der Waals surface area contributed by atoms with E-state index in [1.54, 1.807) is 59.3 Å². The summed E-state index contributed by atoms with van der Waals surface area (Å²) < 4.78 is 18.1. The summed E-state index contributed by atoms with van der Waals surface area (Å²) in [6.45, 7) is 6.15. The number of aryl methyl sites for hydroxylation is 1. The first-order valence-corrected chi connectivity index (χ1v) is 10.3. The summed E-state index contributed by atoms with van der Waals surface area (Å²) in [5, 5.41) is 15.7. The molecule has 5 rings (SSSR count). The van der Waals surface area contributed by atoms with Gasteiger partial charge in [-0.15, -0.1) is 10.2 Å². The number of aromatic nitrogens is 4. The molecule has 0 saturated heterocycles. The highest BCUT2D eigenvalue weighted by atomic mass is 16.7. The largest absolute Gasteiger partial charge is 0.454 e. The third kappa shape index (κ3) is 4.08. The van der Waals surface area contributed by atoms with Gasteiger partial charge < -0.3 is 19.5 Å². The number of ether oxygens (including phenoxy) is 3. The number of anilines is 1. The first kappa shape index (κ1) is 20.5. The Morgan fingerprint density at radius 2 is 1.76 bits per heavy atom. The molecule has 0 bridgehead atoms. The van der Waals surface area contributed by atoms with Gasteiger partial charge in [-0.25, -0.2) is 4.68 Å². The van der Waals surface area contributed by atoms with Gasteiger partial charge in [-0.05, 0) is 74.9 Å². The van der Waals surface area contributed by atoms with E-state index in [0.29, 0.717) is 40.2 Å². The highest BCUT2D eigenvalue weighted by molar-refractivity contribution is 6.04. The van der Waals surface area contributed by atoms with Crippen LogP contribution in [-0.4, -0.2) is 32.7 Å². The van der Waals surface area contributed by atoms with E-state index < -0.39 is 0 Å². The molecule has 166 valence electrons. The molecular formula is C24H21N5O4. The van der Waals surface area contributed by atoms with Crippen molar-refractivity contribution in [2.45, 2.75) is 20.8 Å². The predicted molar refractivity (Wildman–Crippen MR) is 120 cm³/mol. The molecule has 0 fully saturated rings. The first-order chi connectivity index (χ1) is 16.0. The normalized spacial score (nSPS) is 12.0. The van der Waals surface area contributed by atoms with Crippen LogP contribution < -0.4 is 19.5 Å². The van der Waals surface area contributed by atoms with Crippen LogP contribution in [0.4, 0.5) is 5.69 Å². The van der Waals surface area contributed by atoms with Gasteiger partial charge in [0.15, 0.2) is 17.3 Å². The van der Waals surface area contributed by atoms with E-state index in [4.69, 9.17) is 14.2 Å². The van der Waals surface area contributed by atoms with Crippen molar-refractivity contribution in [1.29, 1.82) is 0 Å². The number of fused-ring (bicyclic) bond motifs is 1. The number of nitrogens with zero attached hydrogens (tertiary/aromatic N) is 4. The second-order valence-electron chi connectivity index (χ2n) is 7.59. The van der Waals surface area contributed by atoms with E-state index in [9.17, 15) is 4.79 Å². The summed E-state index contributed by atoms with van der Waals surface area (Å²) in [5.74, 6) is 2.50. The minimum atomic E-state index is -0.247. The lowest BCUT2D eigenvalue weighted by Crippen LogP contribution is -2.11. The Hall–Kier alpha value is -4.40. The SMILES string of the molecule is Cc1nn(-c2ccc(Oc3ccc(NC(=O)c4ccc5c(c4)OCO5)cc3)nn2)c(C)c1C. The smallest absolute Gasteiger partial charge is 0.255 e. The first-order valence-electron chi connectivity index (χ1n) is 10.3. The fourth-order valence-corrected chi connectivity index (χ4v) is 3.39. The lowest BCUT2D eigenvalue weighted by Gasteiger charge is -2.08. The molecule has 1 amide bonds. The number of nitrogens with one attached hydrogen (secondary N) is 1. The van der Waals surface area contributed by atoms with Crippen molar-refractivity contribution in [3.05, 3.63) is 77.1 Å². The predicted octanol–water partition coefficient (Wildman–Crippen LogP) is 4.36. The highest BCUT2D eigenvalue weighted by Crippen LogP contribution is 2.32. The van der Waals surface area contributed by atoms with E-state index in [0.717, 1.165) is 17.0 Å². The summed E-state index contributed by atoms with van der Waals surface area (Å²) in [4.78, 5) is 12.5. The third-order valence-corrected chi connectivity index (χ3v) is 5.47. The summed E-state index contributed by atoms with van der Waals surface area (Å²) in [6, 6.07) is 15.6. The second kappa shape index (κ2) is 8.27. The zero-order chi connectivity index (χ0) is 22.9. The van der Waals surface area contributed by atoms with Crippen molar-refractivity contribution in [2.24, 2.45) is 0 Å². The lowest BCUT2D eigenvalue weighted by atomic mass is 10.2. The van der Waals surface area contributed by atoms with Crippen molar-refractivity contribution in [1.82, 2.24) is 20.0 Å². The zero-order valence-corrected chi connectivity index (χ0v) is 18.3. The van der Waals surface area contributed by atoms with Gasteiger partial charge in [0, 0.05) is 23.0 Å². The van der Waals surface area contributed by atoms with Gasteiger partial charge in [-0.1, -0.05) is 0 Å². The quantitative estimate of drug-likeness (QED) is 0.489. The third-order valence-electron chi connectivity index (χ3n) is 5.47. The molecule has 4 aromatic rings. The molecule has 1 aliphatic rings. The Bertz CT molecular complexity index is 1330. The molecule has 2 aromatic carbocycles. The Balaban J connectivity index is 1.23. The highest BCUT2D eigenvalue weighted by Gasteiger charge is 2.16. The zero-order valence-electron chi connectivity index (χ0n) is 18.3. The van der Waals surface area contributed by atoms with Crippen molar-refractivity contribution < 1.29 is 19.0 Å². The summed E-state index contributed by atoms with van der Waals surface area (Å²) >= 11 is 0. The van der Waals surface area contributed by atoms with Crippen LogP contribution in [0.15, 0.2) is 54.6 Å². The summed E-state index contributed by atoms with van der Waals surface area (Å²) in [5.41, 5.74) is 4.22. The van der Waals surface area contributed by atoms with Gasteiger partial charge in [0.05, 0.1) is 5.69 Å². The van der Waals surface area contributed by atoms with Crippen molar-refractivity contribution in [3.8, 4) is 28.9 Å². The van der Waals surface area contributed by atoms with Gasteiger partial charge in [0.25, 0.3) is 5.91 Å². The molecular weight excluding hydrogens is 422 g/mol. The molecule has 0 atom stereocenters. The summed E-state index contributed by atoms with van der Waals surface area (Å²) in [6.07, 6.45) is 0. The number of carbonyl (C=O) groups excluding carboxylic acids is 1. The van der Waals surface area contributed by atoms with Gasteiger partial charge in [-0.3, -0.25) is 4.79 Å². The van der Waals surface area contributed by atoms with E-state index >= 15 is 0 Å². The maximum Gasteiger partial charge on any atom is 0.255 e. The second-order valence-corrected chi connectivity index (χ2v) is 7.59. The molecule has 9 heteroatoms. The van der Waals surface area contributed by atoms with Crippen LogP contribution in [0.1, 0.15) is 27.3 Å². The van der Waals surface area contributed by atoms with Crippen LogP contribution >= 0.6 is 0 Å². The molecule has 9 nitrogen and oxygen atoms in total. The van der Waals surface area contributed by atoms with E-state index in [1.807, 2.05) is 20.8 Å². The Morgan fingerprint density at radius 3 is 2.45 bits per heavy atom. The Kier molecular flexibility index (Phi) is 5.14. The Labute approximate surface area is 189 Å².